The molecule has 39 heavy (non-hydrogen) atoms. The molecule has 0 radical (unpaired) electrons. The van der Waals surface area contributed by atoms with Gasteiger partial charge in [0.25, 0.3) is 12.0 Å². The van der Waals surface area contributed by atoms with Crippen molar-refractivity contribution < 1.29 is 31.4 Å². The molecule has 0 fully saturated rings. The zero-order chi connectivity index (χ0) is 28.3. The maximum Gasteiger partial charge on any atom is 0.574 e. The van der Waals surface area contributed by atoms with Crippen LogP contribution in [-0.2, 0) is 7.05 Å². The molecule has 4 aromatic heterocycles. The number of aromatic nitrogens is 6. The van der Waals surface area contributed by atoms with Crippen molar-refractivity contribution in [2.45, 2.75) is 26.6 Å². The molecule has 14 heteroatoms. The molecule has 0 unspecified atom stereocenters. The highest BCUT2D eigenvalue weighted by molar-refractivity contribution is 5.91. The second kappa shape index (κ2) is 11.0. The molecule has 4 heterocycles. The Morgan fingerprint density at radius 2 is 1.69 bits per heavy atom. The van der Waals surface area contributed by atoms with Gasteiger partial charge in [0, 0.05) is 42.5 Å². The summed E-state index contributed by atoms with van der Waals surface area (Å²) in [4.78, 5) is 21.5. The lowest BCUT2D eigenvalue weighted by molar-refractivity contribution is -0.276. The molecule has 0 amide bonds. The van der Waals surface area contributed by atoms with E-state index in [2.05, 4.69) is 24.9 Å². The Bertz CT molecular complexity index is 1670. The molecule has 5 aromatic rings. The van der Waals surface area contributed by atoms with Crippen LogP contribution >= 0.6 is 0 Å². The average molecular weight is 548 g/mol. The van der Waals surface area contributed by atoms with Gasteiger partial charge in [-0.05, 0) is 30.3 Å². The summed E-state index contributed by atoms with van der Waals surface area (Å²) in [6.45, 7) is 3.08. The van der Waals surface area contributed by atoms with E-state index in [-0.39, 0.29) is 28.0 Å². The first-order chi connectivity index (χ1) is 18.6. The number of pyridine rings is 2. The van der Waals surface area contributed by atoms with Crippen molar-refractivity contribution in [1.29, 1.82) is 0 Å². The Labute approximate surface area is 217 Å². The van der Waals surface area contributed by atoms with Crippen LogP contribution in [0.5, 0.6) is 11.8 Å². The molecule has 5 rings (SSSR count). The maximum atomic E-state index is 13.7. The summed E-state index contributed by atoms with van der Waals surface area (Å²) in [5.74, 6) is -0.916. The van der Waals surface area contributed by atoms with E-state index in [4.69, 9.17) is 4.74 Å². The van der Waals surface area contributed by atoms with Crippen molar-refractivity contribution in [2.75, 3.05) is 6.61 Å². The maximum absolute atomic E-state index is 13.7. The molecule has 0 bridgehead atoms. The highest BCUT2D eigenvalue weighted by Crippen LogP contribution is 2.28. The first-order valence-corrected chi connectivity index (χ1v) is 11.6. The molecule has 0 atom stereocenters. The van der Waals surface area contributed by atoms with E-state index in [1.54, 1.807) is 36.1 Å². The first kappa shape index (κ1) is 27.4. The van der Waals surface area contributed by atoms with Gasteiger partial charge in [0.1, 0.15) is 11.0 Å². The van der Waals surface area contributed by atoms with Crippen molar-refractivity contribution >= 4 is 21.9 Å². The van der Waals surface area contributed by atoms with Gasteiger partial charge in [0.15, 0.2) is 6.61 Å². The SMILES string of the molecule is CC.Cn1cc2cc(-n3nc4ccc(OCC(F)F)nc4c(-c4ccc(OC(F)(F)F)nc4)c3=O)ccc2n1. The second-order valence-corrected chi connectivity index (χ2v) is 7.79. The van der Waals surface area contributed by atoms with Crippen LogP contribution in [0.15, 0.2) is 59.7 Å². The lowest BCUT2D eigenvalue weighted by Crippen LogP contribution is -2.24. The van der Waals surface area contributed by atoms with Gasteiger partial charge in [0.05, 0.1) is 16.8 Å². The summed E-state index contributed by atoms with van der Waals surface area (Å²) in [7, 11) is 1.75. The van der Waals surface area contributed by atoms with E-state index < -0.39 is 30.8 Å². The number of ether oxygens (including phenoxy) is 2. The molecule has 0 aliphatic carbocycles. The summed E-state index contributed by atoms with van der Waals surface area (Å²) in [6, 6.07) is 9.92. The molecule has 0 aliphatic heterocycles. The number of rotatable bonds is 6. The minimum atomic E-state index is -4.95. The molecular formula is C25H21F5N6O3. The van der Waals surface area contributed by atoms with Crippen molar-refractivity contribution in [3.63, 3.8) is 0 Å². The van der Waals surface area contributed by atoms with Crippen LogP contribution < -0.4 is 15.0 Å². The van der Waals surface area contributed by atoms with Crippen molar-refractivity contribution in [3.05, 3.63) is 65.2 Å². The highest BCUT2D eigenvalue weighted by atomic mass is 19.4. The summed E-state index contributed by atoms with van der Waals surface area (Å²) < 4.78 is 74.4. The van der Waals surface area contributed by atoms with Gasteiger partial charge in [-0.25, -0.2) is 18.7 Å². The van der Waals surface area contributed by atoms with Crippen LogP contribution in [0.3, 0.4) is 0 Å². The highest BCUT2D eigenvalue weighted by Gasteiger charge is 2.31. The second-order valence-electron chi connectivity index (χ2n) is 7.79. The predicted molar refractivity (Wildman–Crippen MR) is 132 cm³/mol. The number of fused-ring (bicyclic) bond motifs is 2. The molecule has 0 spiro atoms. The van der Waals surface area contributed by atoms with Crippen LogP contribution in [0, 0.1) is 0 Å². The average Bonchev–Trinajstić information content (AvgIpc) is 3.27. The molecule has 9 nitrogen and oxygen atoms in total. The number of hydrogen-bond acceptors (Lipinski definition) is 7. The number of nitrogens with zero attached hydrogens (tertiary/aromatic N) is 6. The zero-order valence-electron chi connectivity index (χ0n) is 20.8. The van der Waals surface area contributed by atoms with Gasteiger partial charge >= 0.3 is 6.36 Å². The molecule has 0 N–H and O–H groups in total. The van der Waals surface area contributed by atoms with Gasteiger partial charge in [-0.2, -0.15) is 14.9 Å². The smallest absolute Gasteiger partial charge is 0.472 e. The Kier molecular flexibility index (Phi) is 7.74. The normalized spacial score (nSPS) is 11.5. The van der Waals surface area contributed by atoms with E-state index in [1.165, 1.54) is 18.2 Å². The molecule has 204 valence electrons. The fourth-order valence-corrected chi connectivity index (χ4v) is 3.70. The summed E-state index contributed by atoms with van der Waals surface area (Å²) in [5, 5.41) is 9.39. The van der Waals surface area contributed by atoms with Crippen LogP contribution in [0.4, 0.5) is 22.0 Å². The Morgan fingerprint density at radius 1 is 0.974 bits per heavy atom. The molecule has 1 aromatic carbocycles. The summed E-state index contributed by atoms with van der Waals surface area (Å²) in [5.41, 5.74) is 0.596. The Morgan fingerprint density at radius 3 is 2.36 bits per heavy atom. The lowest BCUT2D eigenvalue weighted by Gasteiger charge is -2.13. The third-order valence-corrected chi connectivity index (χ3v) is 5.15. The number of alkyl halides is 5. The monoisotopic (exact) mass is 548 g/mol. The van der Waals surface area contributed by atoms with Gasteiger partial charge in [-0.3, -0.25) is 9.48 Å². The van der Waals surface area contributed by atoms with E-state index in [0.717, 1.165) is 22.3 Å². The zero-order valence-corrected chi connectivity index (χ0v) is 20.8. The van der Waals surface area contributed by atoms with Crippen LogP contribution in [0.25, 0.3) is 38.8 Å². The number of aryl methyl sites for hydroxylation is 1. The standard InChI is InChI=1S/C23H15F5N6O3.C2H6/c1-33-10-13-8-14(3-4-15(13)31-33)34-22(35)20(12-2-6-18(29-9-12)37-23(26,27)28)21-16(32-34)5-7-19(30-21)36-11-17(24)25;1-2/h2-10,17H,11H2,1H3;1-2H3. The van der Waals surface area contributed by atoms with Crippen LogP contribution in [-0.4, -0.2) is 48.9 Å². The molecule has 0 saturated carbocycles. The minimum absolute atomic E-state index is 0.0123. The Balaban J connectivity index is 0.00000172. The van der Waals surface area contributed by atoms with E-state index in [9.17, 15) is 26.7 Å². The van der Waals surface area contributed by atoms with E-state index in [1.807, 2.05) is 13.8 Å². The first-order valence-electron chi connectivity index (χ1n) is 11.6. The van der Waals surface area contributed by atoms with Gasteiger partial charge in [0.2, 0.25) is 11.8 Å². The summed E-state index contributed by atoms with van der Waals surface area (Å²) in [6.07, 6.45) is -4.94. The van der Waals surface area contributed by atoms with Gasteiger partial charge < -0.3 is 9.47 Å². The molecule has 0 saturated heterocycles. The van der Waals surface area contributed by atoms with Crippen molar-refractivity contribution in [1.82, 2.24) is 29.5 Å². The van der Waals surface area contributed by atoms with Crippen molar-refractivity contribution in [3.8, 4) is 28.6 Å². The van der Waals surface area contributed by atoms with Gasteiger partial charge in [-0.15, -0.1) is 13.2 Å². The fraction of sp³-hybridized carbons (Fsp3) is 0.240. The van der Waals surface area contributed by atoms with Crippen molar-refractivity contribution in [2.24, 2.45) is 7.05 Å². The largest absolute Gasteiger partial charge is 0.574 e. The quantitative estimate of drug-likeness (QED) is 0.266. The fourth-order valence-electron chi connectivity index (χ4n) is 3.70. The van der Waals surface area contributed by atoms with E-state index in [0.29, 0.717) is 11.2 Å². The van der Waals surface area contributed by atoms with E-state index >= 15 is 0 Å². The lowest BCUT2D eigenvalue weighted by atomic mass is 10.1. The molecular weight excluding hydrogens is 527 g/mol. The third-order valence-electron chi connectivity index (χ3n) is 5.15. The predicted octanol–water partition coefficient (Wildman–Crippen LogP) is 5.30. The summed E-state index contributed by atoms with van der Waals surface area (Å²) >= 11 is 0. The van der Waals surface area contributed by atoms with Gasteiger partial charge in [-0.1, -0.05) is 13.8 Å². The Hall–Kier alpha value is -4.62. The number of halogens is 5. The minimum Gasteiger partial charge on any atom is -0.472 e. The topological polar surface area (TPSA) is 97.0 Å². The third kappa shape index (κ3) is 6.10. The van der Waals surface area contributed by atoms with Crippen LogP contribution in [0.2, 0.25) is 0 Å². The number of hydrogen-bond donors (Lipinski definition) is 0. The number of benzene rings is 1. The molecule has 0 aliphatic rings. The van der Waals surface area contributed by atoms with Crippen LogP contribution in [0.1, 0.15) is 13.8 Å².